The van der Waals surface area contributed by atoms with E-state index in [4.69, 9.17) is 0 Å². The number of nitrogens with zero attached hydrogens (tertiary/aromatic N) is 3. The van der Waals surface area contributed by atoms with Gasteiger partial charge in [-0.25, -0.2) is 14.4 Å². The highest BCUT2D eigenvalue weighted by Gasteiger charge is 2.23. The number of carbonyl (C=O) groups excluding carboxylic acids is 1. The molecule has 1 heterocycles. The normalized spacial score (nSPS) is 15.4. The zero-order valence-electron chi connectivity index (χ0n) is 13.5. The van der Waals surface area contributed by atoms with Gasteiger partial charge in [0.1, 0.15) is 5.82 Å². The summed E-state index contributed by atoms with van der Waals surface area (Å²) in [6.07, 6.45) is 0.835. The van der Waals surface area contributed by atoms with Gasteiger partial charge in [0.2, 0.25) is 6.41 Å². The Hall–Kier alpha value is -1.92. The second-order valence-corrected chi connectivity index (χ2v) is 6.63. The van der Waals surface area contributed by atoms with E-state index < -0.39 is 0 Å². The molecule has 3 rings (SSSR count). The second-order valence-electron chi connectivity index (χ2n) is 5.78. The molecule has 1 aliphatic rings. The first-order valence-electron chi connectivity index (χ1n) is 7.85. The smallest absolute Gasteiger partial charge is 0.228 e. The van der Waals surface area contributed by atoms with E-state index >= 15 is 0 Å². The third-order valence-electron chi connectivity index (χ3n) is 4.26. The number of rotatable bonds is 4. The largest absolute Gasteiger partial charge is 0.366 e. The molecule has 0 unspecified atom stereocenters. The van der Waals surface area contributed by atoms with Crippen LogP contribution in [0.25, 0.3) is 0 Å². The number of carbonyl (C=O) groups is 1. The molecule has 0 N–H and O–H groups in total. The number of benzene rings is 2. The standard InChI is InChI=1S/C18H19BrFN3O/c1-14-12-15(6-7-16(14)19)23(13-24)22-10-8-21(9-11-22)18-5-3-2-4-17(18)20/h2-7,12-13H,8-11H2,1H3. The number of anilines is 2. The lowest BCUT2D eigenvalue weighted by Crippen LogP contribution is -2.54. The fourth-order valence-electron chi connectivity index (χ4n) is 2.92. The van der Waals surface area contributed by atoms with E-state index in [1.54, 1.807) is 17.1 Å². The minimum Gasteiger partial charge on any atom is -0.366 e. The lowest BCUT2D eigenvalue weighted by molar-refractivity contribution is -0.110. The summed E-state index contributed by atoms with van der Waals surface area (Å²) in [4.78, 5) is 13.6. The molecule has 0 saturated carbocycles. The summed E-state index contributed by atoms with van der Waals surface area (Å²) in [5.41, 5.74) is 2.53. The van der Waals surface area contributed by atoms with Gasteiger partial charge >= 0.3 is 0 Å². The van der Waals surface area contributed by atoms with Gasteiger partial charge in [-0.3, -0.25) is 4.79 Å². The van der Waals surface area contributed by atoms with Crippen molar-refractivity contribution in [1.29, 1.82) is 0 Å². The highest BCUT2D eigenvalue weighted by molar-refractivity contribution is 9.10. The van der Waals surface area contributed by atoms with Crippen LogP contribution in [0, 0.1) is 12.7 Å². The molecule has 4 nitrogen and oxygen atoms in total. The van der Waals surface area contributed by atoms with Crippen molar-refractivity contribution in [2.45, 2.75) is 6.92 Å². The first kappa shape index (κ1) is 16.9. The maximum Gasteiger partial charge on any atom is 0.228 e. The molecule has 0 aromatic heterocycles. The number of piperazine rings is 1. The summed E-state index contributed by atoms with van der Waals surface area (Å²) in [6, 6.07) is 12.6. The monoisotopic (exact) mass is 391 g/mol. The summed E-state index contributed by atoms with van der Waals surface area (Å²) >= 11 is 3.47. The average molecular weight is 392 g/mol. The summed E-state index contributed by atoms with van der Waals surface area (Å²) in [5.74, 6) is -0.207. The van der Waals surface area contributed by atoms with Crippen molar-refractivity contribution in [3.05, 3.63) is 58.3 Å². The van der Waals surface area contributed by atoms with Gasteiger partial charge in [-0.2, -0.15) is 0 Å². The predicted molar refractivity (Wildman–Crippen MR) is 97.6 cm³/mol. The van der Waals surface area contributed by atoms with Gasteiger partial charge in [-0.15, -0.1) is 0 Å². The van der Waals surface area contributed by atoms with E-state index in [0.717, 1.165) is 22.1 Å². The van der Waals surface area contributed by atoms with Crippen molar-refractivity contribution in [2.24, 2.45) is 0 Å². The molecule has 0 bridgehead atoms. The lowest BCUT2D eigenvalue weighted by Gasteiger charge is -2.40. The Labute approximate surface area is 149 Å². The molecule has 24 heavy (non-hydrogen) atoms. The van der Waals surface area contributed by atoms with E-state index in [9.17, 15) is 9.18 Å². The van der Waals surface area contributed by atoms with E-state index in [1.165, 1.54) is 6.07 Å². The molecule has 1 saturated heterocycles. The van der Waals surface area contributed by atoms with E-state index in [0.29, 0.717) is 31.9 Å². The van der Waals surface area contributed by atoms with E-state index in [1.807, 2.05) is 41.1 Å². The highest BCUT2D eigenvalue weighted by Crippen LogP contribution is 2.25. The van der Waals surface area contributed by atoms with Crippen molar-refractivity contribution >= 4 is 33.7 Å². The Morgan fingerprint density at radius 3 is 2.46 bits per heavy atom. The Balaban J connectivity index is 1.71. The summed E-state index contributed by atoms with van der Waals surface area (Å²) < 4.78 is 14.9. The zero-order valence-corrected chi connectivity index (χ0v) is 15.0. The molecule has 6 heteroatoms. The number of hydrogen-bond acceptors (Lipinski definition) is 3. The Morgan fingerprint density at radius 2 is 1.83 bits per heavy atom. The Morgan fingerprint density at radius 1 is 1.12 bits per heavy atom. The van der Waals surface area contributed by atoms with Gasteiger partial charge in [-0.05, 0) is 42.8 Å². The lowest BCUT2D eigenvalue weighted by atomic mass is 10.2. The molecule has 2 aromatic carbocycles. The number of hydrogen-bond donors (Lipinski definition) is 0. The molecule has 0 aliphatic carbocycles. The molecule has 1 amide bonds. The highest BCUT2D eigenvalue weighted by atomic mass is 79.9. The van der Waals surface area contributed by atoms with Crippen LogP contribution in [0.15, 0.2) is 46.9 Å². The molecule has 126 valence electrons. The van der Waals surface area contributed by atoms with Gasteiger partial charge in [0.15, 0.2) is 0 Å². The fraction of sp³-hybridized carbons (Fsp3) is 0.278. The van der Waals surface area contributed by atoms with E-state index in [2.05, 4.69) is 15.9 Å². The topological polar surface area (TPSA) is 26.8 Å². The van der Waals surface area contributed by atoms with Crippen molar-refractivity contribution in [3.8, 4) is 0 Å². The molecule has 0 spiro atoms. The number of para-hydroxylation sites is 1. The minimum absolute atomic E-state index is 0.207. The van der Waals surface area contributed by atoms with Crippen LogP contribution in [-0.2, 0) is 4.79 Å². The number of amides is 1. The first-order valence-corrected chi connectivity index (χ1v) is 8.64. The van der Waals surface area contributed by atoms with Crippen LogP contribution in [0.2, 0.25) is 0 Å². The van der Waals surface area contributed by atoms with Crippen molar-refractivity contribution in [3.63, 3.8) is 0 Å². The van der Waals surface area contributed by atoms with Crippen LogP contribution in [0.3, 0.4) is 0 Å². The molecule has 2 aromatic rings. The first-order chi connectivity index (χ1) is 11.6. The minimum atomic E-state index is -0.207. The maximum atomic E-state index is 13.9. The molecular weight excluding hydrogens is 373 g/mol. The van der Waals surface area contributed by atoms with Gasteiger partial charge in [-0.1, -0.05) is 28.1 Å². The SMILES string of the molecule is Cc1cc(N(C=O)N2CCN(c3ccccc3F)CC2)ccc1Br. The fourth-order valence-corrected chi connectivity index (χ4v) is 3.17. The predicted octanol–water partition coefficient (Wildman–Crippen LogP) is 3.60. The molecule has 1 aliphatic heterocycles. The zero-order chi connectivity index (χ0) is 17.1. The van der Waals surface area contributed by atoms with Gasteiger partial charge < -0.3 is 4.90 Å². The molecule has 0 radical (unpaired) electrons. The van der Waals surface area contributed by atoms with Gasteiger partial charge in [0.25, 0.3) is 0 Å². The third kappa shape index (κ3) is 3.44. The Kier molecular flexibility index (Phi) is 5.16. The van der Waals surface area contributed by atoms with Crippen molar-refractivity contribution < 1.29 is 9.18 Å². The van der Waals surface area contributed by atoms with E-state index in [-0.39, 0.29) is 5.82 Å². The molecular formula is C18H19BrFN3O. The third-order valence-corrected chi connectivity index (χ3v) is 5.15. The summed E-state index contributed by atoms with van der Waals surface area (Å²) in [5, 5.41) is 3.63. The summed E-state index contributed by atoms with van der Waals surface area (Å²) in [7, 11) is 0. The van der Waals surface area contributed by atoms with Crippen molar-refractivity contribution in [2.75, 3.05) is 36.1 Å². The number of halogens is 2. The molecule has 0 atom stereocenters. The van der Waals surface area contributed by atoms with Crippen LogP contribution < -0.4 is 9.91 Å². The maximum absolute atomic E-state index is 13.9. The van der Waals surface area contributed by atoms with Crippen LogP contribution in [0.5, 0.6) is 0 Å². The van der Waals surface area contributed by atoms with Crippen LogP contribution in [-0.4, -0.2) is 37.6 Å². The van der Waals surface area contributed by atoms with Crippen LogP contribution in [0.1, 0.15) is 5.56 Å². The van der Waals surface area contributed by atoms with Gasteiger partial charge in [0.05, 0.1) is 11.4 Å². The number of aryl methyl sites for hydroxylation is 1. The Bertz CT molecular complexity index is 732. The number of hydrazine groups is 1. The van der Waals surface area contributed by atoms with Gasteiger partial charge in [0, 0.05) is 30.7 Å². The van der Waals surface area contributed by atoms with Crippen LogP contribution >= 0.6 is 15.9 Å². The van der Waals surface area contributed by atoms with Crippen molar-refractivity contribution in [1.82, 2.24) is 5.01 Å². The second kappa shape index (κ2) is 7.32. The molecule has 1 fully saturated rings. The summed E-state index contributed by atoms with van der Waals surface area (Å²) in [6.45, 7) is 4.64. The average Bonchev–Trinajstić information content (AvgIpc) is 2.60. The van der Waals surface area contributed by atoms with Crippen LogP contribution in [0.4, 0.5) is 15.8 Å². The quantitative estimate of drug-likeness (QED) is 0.745.